The Morgan fingerprint density at radius 1 is 1.28 bits per heavy atom. The second-order valence-electron chi connectivity index (χ2n) is 3.60. The van der Waals surface area contributed by atoms with Gasteiger partial charge in [0.15, 0.2) is 6.29 Å². The molecule has 18 heavy (non-hydrogen) atoms. The van der Waals surface area contributed by atoms with Crippen LogP contribution in [0.25, 0.3) is 11.6 Å². The summed E-state index contributed by atoms with van der Waals surface area (Å²) in [5.41, 5.74) is 1.00. The number of benzene rings is 1. The van der Waals surface area contributed by atoms with Gasteiger partial charge in [-0.2, -0.15) is 0 Å². The molecule has 1 aromatic carbocycles. The highest BCUT2D eigenvalue weighted by atomic mass is 35.5. The van der Waals surface area contributed by atoms with Gasteiger partial charge in [0.25, 0.3) is 0 Å². The monoisotopic (exact) mass is 261 g/mol. The third-order valence-corrected chi connectivity index (χ3v) is 2.70. The molecule has 0 spiro atoms. The minimum absolute atomic E-state index is 0.109. The Morgan fingerprint density at radius 2 is 2.11 bits per heavy atom. The predicted molar refractivity (Wildman–Crippen MR) is 69.6 cm³/mol. The largest absolute Gasteiger partial charge is 0.298 e. The van der Waals surface area contributed by atoms with Gasteiger partial charge in [-0.15, -0.1) is 0 Å². The van der Waals surface area contributed by atoms with Gasteiger partial charge in [-0.05, 0) is 29.8 Å². The van der Waals surface area contributed by atoms with E-state index < -0.39 is 5.82 Å². The third-order valence-electron chi connectivity index (χ3n) is 2.38. The number of carbonyl (C=O) groups excluding carboxylic acids is 1. The fourth-order valence-corrected chi connectivity index (χ4v) is 1.85. The number of aromatic nitrogens is 1. The van der Waals surface area contributed by atoms with Crippen molar-refractivity contribution in [3.63, 3.8) is 0 Å². The van der Waals surface area contributed by atoms with Gasteiger partial charge in [0.1, 0.15) is 5.82 Å². The summed E-state index contributed by atoms with van der Waals surface area (Å²) in [7, 11) is 0. The summed E-state index contributed by atoms with van der Waals surface area (Å²) in [6, 6.07) is 7.80. The van der Waals surface area contributed by atoms with Crippen LogP contribution in [0.5, 0.6) is 0 Å². The van der Waals surface area contributed by atoms with Crippen LogP contribution in [0.1, 0.15) is 11.1 Å². The molecule has 0 fully saturated rings. The highest BCUT2D eigenvalue weighted by Gasteiger charge is 2.11. The van der Waals surface area contributed by atoms with E-state index in [1.54, 1.807) is 36.7 Å². The molecule has 1 aromatic heterocycles. The van der Waals surface area contributed by atoms with E-state index in [9.17, 15) is 9.18 Å². The Kier molecular flexibility index (Phi) is 3.85. The molecular weight excluding hydrogens is 253 g/mol. The zero-order chi connectivity index (χ0) is 13.0. The van der Waals surface area contributed by atoms with E-state index in [0.717, 1.165) is 0 Å². The van der Waals surface area contributed by atoms with E-state index in [-0.39, 0.29) is 16.2 Å². The van der Waals surface area contributed by atoms with Crippen LogP contribution in [0.2, 0.25) is 5.02 Å². The lowest BCUT2D eigenvalue weighted by molar-refractivity contribution is -0.103. The van der Waals surface area contributed by atoms with Gasteiger partial charge in [-0.25, -0.2) is 4.39 Å². The molecule has 0 aliphatic rings. The molecule has 2 rings (SSSR count). The van der Waals surface area contributed by atoms with Crippen LogP contribution >= 0.6 is 11.6 Å². The smallest absolute Gasteiger partial charge is 0.150 e. The molecule has 0 radical (unpaired) electrons. The Labute approximate surface area is 109 Å². The number of hydrogen-bond donors (Lipinski definition) is 0. The van der Waals surface area contributed by atoms with Crippen molar-refractivity contribution in [2.75, 3.05) is 0 Å². The van der Waals surface area contributed by atoms with Crippen LogP contribution in [0.4, 0.5) is 4.39 Å². The molecule has 0 aliphatic heterocycles. The quantitative estimate of drug-likeness (QED) is 0.624. The minimum Gasteiger partial charge on any atom is -0.298 e. The Morgan fingerprint density at radius 3 is 2.72 bits per heavy atom. The summed E-state index contributed by atoms with van der Waals surface area (Å²) in [6.07, 6.45) is 5.33. The van der Waals surface area contributed by atoms with Crippen LogP contribution in [-0.2, 0) is 4.79 Å². The minimum atomic E-state index is -0.523. The fourth-order valence-electron chi connectivity index (χ4n) is 1.58. The molecule has 0 saturated heterocycles. The Balaban J connectivity index is 2.53. The molecule has 0 amide bonds. The zero-order valence-electron chi connectivity index (χ0n) is 9.31. The van der Waals surface area contributed by atoms with Crippen molar-refractivity contribution < 1.29 is 9.18 Å². The molecule has 2 aromatic rings. The van der Waals surface area contributed by atoms with Crippen molar-refractivity contribution in [2.24, 2.45) is 0 Å². The van der Waals surface area contributed by atoms with Crippen molar-refractivity contribution in [1.29, 1.82) is 0 Å². The second-order valence-corrected chi connectivity index (χ2v) is 4.01. The molecule has 0 saturated carbocycles. The van der Waals surface area contributed by atoms with Crippen LogP contribution < -0.4 is 0 Å². The predicted octanol–water partition coefficient (Wildman–Crippen LogP) is 3.61. The Bertz CT molecular complexity index is 576. The normalized spacial score (nSPS) is 11.3. The van der Waals surface area contributed by atoms with Gasteiger partial charge in [-0.3, -0.25) is 9.78 Å². The first kappa shape index (κ1) is 12.5. The highest BCUT2D eigenvalue weighted by Crippen LogP contribution is 2.26. The molecule has 0 unspecified atom stereocenters. The van der Waals surface area contributed by atoms with Crippen LogP contribution in [0.15, 0.2) is 42.7 Å². The number of aldehydes is 1. The standard InChI is InChI=1S/C14H9ClFNO/c15-12-4-1-5-13(16)14(12)11(9-18)7-10-3-2-6-17-8-10/h1-9H/b11-7+. The molecule has 0 atom stereocenters. The molecule has 1 heterocycles. The van der Waals surface area contributed by atoms with Gasteiger partial charge >= 0.3 is 0 Å². The Hall–Kier alpha value is -2.00. The van der Waals surface area contributed by atoms with Gasteiger partial charge < -0.3 is 0 Å². The lowest BCUT2D eigenvalue weighted by Gasteiger charge is -2.05. The van der Waals surface area contributed by atoms with Gasteiger partial charge in [-0.1, -0.05) is 23.7 Å². The van der Waals surface area contributed by atoms with E-state index in [4.69, 9.17) is 11.6 Å². The summed E-state index contributed by atoms with van der Waals surface area (Å²) in [5.74, 6) is -0.523. The maximum absolute atomic E-state index is 13.7. The lowest BCUT2D eigenvalue weighted by atomic mass is 10.0. The number of hydrogen-bond acceptors (Lipinski definition) is 2. The first-order chi connectivity index (χ1) is 8.72. The van der Waals surface area contributed by atoms with E-state index in [2.05, 4.69) is 4.98 Å². The fraction of sp³-hybridized carbons (Fsp3) is 0. The summed E-state index contributed by atoms with van der Waals surface area (Å²) in [5, 5.41) is 0.206. The summed E-state index contributed by atoms with van der Waals surface area (Å²) in [6.45, 7) is 0. The number of rotatable bonds is 3. The van der Waals surface area contributed by atoms with E-state index in [1.165, 1.54) is 12.1 Å². The SMILES string of the molecule is O=C/C(=C\c1cccnc1)c1c(F)cccc1Cl. The number of pyridine rings is 1. The van der Waals surface area contributed by atoms with E-state index in [0.29, 0.717) is 11.8 Å². The average molecular weight is 262 g/mol. The van der Waals surface area contributed by atoms with Gasteiger partial charge in [0, 0.05) is 23.5 Å². The van der Waals surface area contributed by atoms with Crippen molar-refractivity contribution >= 4 is 29.5 Å². The molecule has 2 nitrogen and oxygen atoms in total. The number of allylic oxidation sites excluding steroid dienone is 1. The topological polar surface area (TPSA) is 30.0 Å². The first-order valence-electron chi connectivity index (χ1n) is 5.23. The number of carbonyl (C=O) groups is 1. The molecule has 0 N–H and O–H groups in total. The first-order valence-corrected chi connectivity index (χ1v) is 5.61. The maximum atomic E-state index is 13.7. The highest BCUT2D eigenvalue weighted by molar-refractivity contribution is 6.34. The molecular formula is C14H9ClFNO. The van der Waals surface area contributed by atoms with Crippen molar-refractivity contribution in [3.8, 4) is 0 Å². The number of halogens is 2. The second kappa shape index (κ2) is 5.56. The van der Waals surface area contributed by atoms with Crippen molar-refractivity contribution in [3.05, 3.63) is 64.7 Å². The summed E-state index contributed by atoms with van der Waals surface area (Å²) in [4.78, 5) is 15.0. The van der Waals surface area contributed by atoms with E-state index >= 15 is 0 Å². The third kappa shape index (κ3) is 2.63. The molecule has 0 bridgehead atoms. The van der Waals surface area contributed by atoms with Crippen LogP contribution in [-0.4, -0.2) is 11.3 Å². The number of nitrogens with zero attached hydrogens (tertiary/aromatic N) is 1. The molecule has 4 heteroatoms. The molecule has 0 aliphatic carbocycles. The molecule has 90 valence electrons. The maximum Gasteiger partial charge on any atom is 0.150 e. The van der Waals surface area contributed by atoms with Crippen molar-refractivity contribution in [2.45, 2.75) is 0 Å². The summed E-state index contributed by atoms with van der Waals surface area (Å²) < 4.78 is 13.7. The van der Waals surface area contributed by atoms with Gasteiger partial charge in [0.05, 0.1) is 5.02 Å². The lowest BCUT2D eigenvalue weighted by Crippen LogP contribution is -1.93. The summed E-state index contributed by atoms with van der Waals surface area (Å²) >= 11 is 5.91. The van der Waals surface area contributed by atoms with Crippen LogP contribution in [0, 0.1) is 5.82 Å². The van der Waals surface area contributed by atoms with Crippen LogP contribution in [0.3, 0.4) is 0 Å². The van der Waals surface area contributed by atoms with Crippen molar-refractivity contribution in [1.82, 2.24) is 4.98 Å². The van der Waals surface area contributed by atoms with Gasteiger partial charge in [0.2, 0.25) is 0 Å². The average Bonchev–Trinajstić information content (AvgIpc) is 2.38. The zero-order valence-corrected chi connectivity index (χ0v) is 10.1. The van der Waals surface area contributed by atoms with E-state index in [1.807, 2.05) is 0 Å².